The van der Waals surface area contributed by atoms with E-state index in [9.17, 15) is 14.3 Å². The first-order chi connectivity index (χ1) is 8.85. The average Bonchev–Trinajstić information content (AvgIpc) is 2.35. The standard InChI is InChI=1S/C14H21FN2O2/c1-14(2,10-18)17(3)8-7-13(19)16-12-6-4-5-11(15)9-12/h4-6,9,18H,7-8,10H2,1-3H3,(H,16,19). The van der Waals surface area contributed by atoms with Gasteiger partial charge in [0.2, 0.25) is 5.91 Å². The summed E-state index contributed by atoms with van der Waals surface area (Å²) in [5.74, 6) is -0.553. The van der Waals surface area contributed by atoms with E-state index in [0.29, 0.717) is 12.2 Å². The minimum absolute atomic E-state index is 0.0228. The molecule has 0 spiro atoms. The summed E-state index contributed by atoms with van der Waals surface area (Å²) in [6, 6.07) is 5.79. The molecule has 0 unspecified atom stereocenters. The molecule has 19 heavy (non-hydrogen) atoms. The van der Waals surface area contributed by atoms with E-state index >= 15 is 0 Å². The van der Waals surface area contributed by atoms with Crippen molar-refractivity contribution in [3.05, 3.63) is 30.1 Å². The highest BCUT2D eigenvalue weighted by Gasteiger charge is 2.22. The van der Waals surface area contributed by atoms with Crippen molar-refractivity contribution >= 4 is 11.6 Å². The van der Waals surface area contributed by atoms with Crippen molar-refractivity contribution in [2.75, 3.05) is 25.5 Å². The molecule has 0 heterocycles. The predicted octanol–water partition coefficient (Wildman–Crippen LogP) is 1.86. The number of anilines is 1. The zero-order valence-corrected chi connectivity index (χ0v) is 11.6. The van der Waals surface area contributed by atoms with Crippen LogP contribution in [0.3, 0.4) is 0 Å². The Morgan fingerprint density at radius 1 is 1.47 bits per heavy atom. The van der Waals surface area contributed by atoms with Crippen LogP contribution in [0.5, 0.6) is 0 Å². The van der Waals surface area contributed by atoms with Crippen LogP contribution >= 0.6 is 0 Å². The Labute approximate surface area is 113 Å². The first-order valence-corrected chi connectivity index (χ1v) is 6.22. The van der Waals surface area contributed by atoms with E-state index in [-0.39, 0.29) is 30.3 Å². The van der Waals surface area contributed by atoms with Crippen LogP contribution in [0.4, 0.5) is 10.1 Å². The van der Waals surface area contributed by atoms with E-state index in [1.54, 1.807) is 12.1 Å². The fourth-order valence-electron chi connectivity index (χ4n) is 1.48. The monoisotopic (exact) mass is 268 g/mol. The van der Waals surface area contributed by atoms with Crippen LogP contribution in [0.15, 0.2) is 24.3 Å². The number of nitrogens with zero attached hydrogens (tertiary/aromatic N) is 1. The number of rotatable bonds is 6. The van der Waals surface area contributed by atoms with Gasteiger partial charge in [0.1, 0.15) is 5.82 Å². The molecule has 0 aromatic heterocycles. The lowest BCUT2D eigenvalue weighted by Crippen LogP contribution is -2.45. The quantitative estimate of drug-likeness (QED) is 0.828. The second kappa shape index (κ2) is 6.63. The molecular weight excluding hydrogens is 247 g/mol. The third-order valence-corrected chi connectivity index (χ3v) is 3.20. The fraction of sp³-hybridized carbons (Fsp3) is 0.500. The van der Waals surface area contributed by atoms with Crippen molar-refractivity contribution in [2.24, 2.45) is 0 Å². The minimum atomic E-state index is -0.378. The van der Waals surface area contributed by atoms with E-state index in [1.807, 2.05) is 25.8 Å². The van der Waals surface area contributed by atoms with Gasteiger partial charge in [0.25, 0.3) is 0 Å². The Morgan fingerprint density at radius 2 is 2.16 bits per heavy atom. The largest absolute Gasteiger partial charge is 0.394 e. The van der Waals surface area contributed by atoms with Crippen molar-refractivity contribution in [3.8, 4) is 0 Å². The maximum Gasteiger partial charge on any atom is 0.225 e. The number of amides is 1. The minimum Gasteiger partial charge on any atom is -0.394 e. The van der Waals surface area contributed by atoms with Gasteiger partial charge in [-0.2, -0.15) is 0 Å². The van der Waals surface area contributed by atoms with Crippen molar-refractivity contribution in [2.45, 2.75) is 25.8 Å². The number of carbonyl (C=O) groups excluding carboxylic acids is 1. The summed E-state index contributed by atoms with van der Waals surface area (Å²) in [6.07, 6.45) is 0.288. The lowest BCUT2D eigenvalue weighted by atomic mass is 10.1. The number of hydrogen-bond donors (Lipinski definition) is 2. The Morgan fingerprint density at radius 3 is 2.74 bits per heavy atom. The van der Waals surface area contributed by atoms with Gasteiger partial charge >= 0.3 is 0 Å². The molecule has 0 aliphatic heterocycles. The van der Waals surface area contributed by atoms with Gasteiger partial charge < -0.3 is 10.4 Å². The predicted molar refractivity (Wildman–Crippen MR) is 73.4 cm³/mol. The number of halogens is 1. The van der Waals surface area contributed by atoms with Crippen LogP contribution in [-0.2, 0) is 4.79 Å². The van der Waals surface area contributed by atoms with Gasteiger partial charge in [-0.1, -0.05) is 6.07 Å². The van der Waals surface area contributed by atoms with Gasteiger partial charge in [-0.15, -0.1) is 0 Å². The molecule has 0 fully saturated rings. The highest BCUT2D eigenvalue weighted by molar-refractivity contribution is 5.90. The topological polar surface area (TPSA) is 52.6 Å². The smallest absolute Gasteiger partial charge is 0.225 e. The Kier molecular flexibility index (Phi) is 5.44. The summed E-state index contributed by atoms with van der Waals surface area (Å²) in [4.78, 5) is 13.6. The van der Waals surface area contributed by atoms with Crippen LogP contribution in [0.2, 0.25) is 0 Å². The molecule has 1 amide bonds. The van der Waals surface area contributed by atoms with Gasteiger partial charge in [0.05, 0.1) is 6.61 Å². The van der Waals surface area contributed by atoms with Gasteiger partial charge in [-0.3, -0.25) is 9.69 Å². The van der Waals surface area contributed by atoms with Crippen molar-refractivity contribution in [1.29, 1.82) is 0 Å². The molecule has 0 saturated carbocycles. The van der Waals surface area contributed by atoms with Crippen LogP contribution < -0.4 is 5.32 Å². The third kappa shape index (κ3) is 4.96. The normalized spacial score (nSPS) is 11.7. The number of nitrogens with one attached hydrogen (secondary N) is 1. The summed E-state index contributed by atoms with van der Waals surface area (Å²) in [5.41, 5.74) is 0.0909. The number of likely N-dealkylation sites (N-methyl/N-ethyl adjacent to an activating group) is 1. The van der Waals surface area contributed by atoms with Gasteiger partial charge in [-0.05, 0) is 39.1 Å². The molecule has 1 aromatic rings. The molecule has 4 nitrogen and oxygen atoms in total. The molecule has 0 radical (unpaired) electrons. The van der Waals surface area contributed by atoms with Gasteiger partial charge in [0, 0.05) is 24.2 Å². The maximum atomic E-state index is 12.9. The van der Waals surface area contributed by atoms with Crippen LogP contribution in [0.25, 0.3) is 0 Å². The highest BCUT2D eigenvalue weighted by atomic mass is 19.1. The van der Waals surface area contributed by atoms with E-state index < -0.39 is 0 Å². The fourth-order valence-corrected chi connectivity index (χ4v) is 1.48. The zero-order chi connectivity index (χ0) is 14.5. The molecule has 0 atom stereocenters. The molecule has 0 bridgehead atoms. The lowest BCUT2D eigenvalue weighted by Gasteiger charge is -2.33. The summed E-state index contributed by atoms with van der Waals surface area (Å²) in [5, 5.41) is 11.9. The number of aliphatic hydroxyl groups excluding tert-OH is 1. The van der Waals surface area contributed by atoms with Crippen molar-refractivity contribution in [3.63, 3.8) is 0 Å². The molecule has 1 aromatic carbocycles. The molecule has 0 aliphatic rings. The molecule has 0 aliphatic carbocycles. The highest BCUT2D eigenvalue weighted by Crippen LogP contribution is 2.12. The third-order valence-electron chi connectivity index (χ3n) is 3.20. The van der Waals surface area contributed by atoms with Crippen LogP contribution in [-0.4, -0.2) is 41.7 Å². The second-order valence-electron chi connectivity index (χ2n) is 5.20. The van der Waals surface area contributed by atoms with Gasteiger partial charge in [0.15, 0.2) is 0 Å². The van der Waals surface area contributed by atoms with Crippen LogP contribution in [0, 0.1) is 5.82 Å². The molecule has 0 saturated heterocycles. The molecule has 106 valence electrons. The molecule has 2 N–H and O–H groups in total. The van der Waals surface area contributed by atoms with E-state index in [0.717, 1.165) is 0 Å². The molecule has 1 rings (SSSR count). The van der Waals surface area contributed by atoms with E-state index in [4.69, 9.17) is 0 Å². The Hall–Kier alpha value is -1.46. The summed E-state index contributed by atoms with van der Waals surface area (Å²) >= 11 is 0. The van der Waals surface area contributed by atoms with Crippen LogP contribution in [0.1, 0.15) is 20.3 Å². The second-order valence-corrected chi connectivity index (χ2v) is 5.20. The Bertz CT molecular complexity index is 435. The van der Waals surface area contributed by atoms with Crippen molar-refractivity contribution < 1.29 is 14.3 Å². The maximum absolute atomic E-state index is 12.9. The van der Waals surface area contributed by atoms with E-state index in [1.165, 1.54) is 12.1 Å². The number of aliphatic hydroxyl groups is 1. The molecular formula is C14H21FN2O2. The first-order valence-electron chi connectivity index (χ1n) is 6.22. The first kappa shape index (κ1) is 15.6. The molecule has 5 heteroatoms. The summed E-state index contributed by atoms with van der Waals surface area (Å²) in [7, 11) is 1.85. The van der Waals surface area contributed by atoms with Gasteiger partial charge in [-0.25, -0.2) is 4.39 Å². The Balaban J connectivity index is 2.44. The summed E-state index contributed by atoms with van der Waals surface area (Å²) in [6.45, 7) is 4.35. The zero-order valence-electron chi connectivity index (χ0n) is 11.6. The summed E-state index contributed by atoms with van der Waals surface area (Å²) < 4.78 is 12.9. The number of hydrogen-bond acceptors (Lipinski definition) is 3. The lowest BCUT2D eigenvalue weighted by molar-refractivity contribution is -0.116. The van der Waals surface area contributed by atoms with E-state index in [2.05, 4.69) is 5.32 Å². The number of carbonyl (C=O) groups is 1. The SMILES string of the molecule is CN(CCC(=O)Nc1cccc(F)c1)C(C)(C)CO. The van der Waals surface area contributed by atoms with Crippen molar-refractivity contribution in [1.82, 2.24) is 4.90 Å². The average molecular weight is 268 g/mol. The number of benzene rings is 1.